The lowest BCUT2D eigenvalue weighted by Crippen LogP contribution is -2.11. The molecule has 0 radical (unpaired) electrons. The van der Waals surface area contributed by atoms with Crippen LogP contribution < -0.4 is 10.5 Å². The van der Waals surface area contributed by atoms with Gasteiger partial charge in [0.2, 0.25) is 0 Å². The van der Waals surface area contributed by atoms with Crippen molar-refractivity contribution in [2.24, 2.45) is 0 Å². The predicted molar refractivity (Wildman–Crippen MR) is 78.7 cm³/mol. The van der Waals surface area contributed by atoms with Gasteiger partial charge in [-0.15, -0.1) is 16.4 Å². The van der Waals surface area contributed by atoms with Crippen LogP contribution in [0, 0.1) is 0 Å². The molecule has 0 unspecified atom stereocenters. The lowest BCUT2D eigenvalue weighted by atomic mass is 10.3. The van der Waals surface area contributed by atoms with Crippen LogP contribution in [0.5, 0.6) is 0 Å². The van der Waals surface area contributed by atoms with Crippen LogP contribution in [0.25, 0.3) is 5.69 Å². The topological polar surface area (TPSA) is 116 Å². The number of nitrogens with one attached hydrogen (secondary N) is 1. The predicted octanol–water partition coefficient (Wildman–Crippen LogP) is 1.11. The summed E-state index contributed by atoms with van der Waals surface area (Å²) >= 11 is 1.07. The number of hydrogen-bond donors (Lipinski definition) is 2. The Morgan fingerprint density at radius 1 is 1.24 bits per heavy atom. The van der Waals surface area contributed by atoms with E-state index < -0.39 is 10.0 Å². The van der Waals surface area contributed by atoms with E-state index in [1.807, 2.05) is 0 Å². The van der Waals surface area contributed by atoms with Gasteiger partial charge in [0, 0.05) is 16.8 Å². The van der Waals surface area contributed by atoms with E-state index in [0.29, 0.717) is 11.4 Å². The molecule has 108 valence electrons. The Labute approximate surface area is 124 Å². The lowest BCUT2D eigenvalue weighted by molar-refractivity contribution is 0.603. The minimum Gasteiger partial charge on any atom is -0.398 e. The van der Waals surface area contributed by atoms with Crippen LogP contribution in [0.3, 0.4) is 0 Å². The average Bonchev–Trinajstić information content (AvgIpc) is 3.10. The zero-order chi connectivity index (χ0) is 14.9. The van der Waals surface area contributed by atoms with Crippen LogP contribution in [0.15, 0.2) is 46.2 Å². The Bertz CT molecular complexity index is 839. The summed E-state index contributed by atoms with van der Waals surface area (Å²) < 4.78 is 28.4. The SMILES string of the molecule is Nc1csc(S(=O)(=O)Nc2ccc(-n3cnnn3)cc2)c1. The monoisotopic (exact) mass is 322 g/mol. The van der Waals surface area contributed by atoms with Crippen molar-refractivity contribution in [2.75, 3.05) is 10.5 Å². The van der Waals surface area contributed by atoms with Crippen molar-refractivity contribution >= 4 is 32.7 Å². The minimum absolute atomic E-state index is 0.171. The molecule has 0 atom stereocenters. The second-order valence-corrected chi connectivity index (χ2v) is 6.93. The first-order valence-electron chi connectivity index (χ1n) is 5.75. The standard InChI is InChI=1S/C11H10N6O2S2/c12-8-5-11(20-6-8)21(18,19)14-9-1-3-10(4-2-9)17-7-13-15-16-17/h1-7,14H,12H2. The molecule has 3 rings (SSSR count). The van der Waals surface area contributed by atoms with Crippen molar-refractivity contribution in [3.05, 3.63) is 42.0 Å². The van der Waals surface area contributed by atoms with E-state index in [2.05, 4.69) is 20.2 Å². The number of benzene rings is 1. The van der Waals surface area contributed by atoms with Crippen LogP contribution in [0.1, 0.15) is 0 Å². The second-order valence-electron chi connectivity index (χ2n) is 4.11. The molecule has 3 aromatic rings. The van der Waals surface area contributed by atoms with E-state index in [0.717, 1.165) is 17.0 Å². The van der Waals surface area contributed by atoms with Crippen LogP contribution in [0.4, 0.5) is 11.4 Å². The van der Waals surface area contributed by atoms with Gasteiger partial charge in [0.1, 0.15) is 10.5 Å². The average molecular weight is 322 g/mol. The molecule has 0 aliphatic heterocycles. The second kappa shape index (κ2) is 5.14. The van der Waals surface area contributed by atoms with Crippen LogP contribution in [-0.2, 0) is 10.0 Å². The molecular weight excluding hydrogens is 312 g/mol. The Morgan fingerprint density at radius 2 is 2.00 bits per heavy atom. The third-order valence-electron chi connectivity index (χ3n) is 2.59. The Kier molecular flexibility index (Phi) is 3.31. The fourth-order valence-corrected chi connectivity index (χ4v) is 3.78. The molecule has 0 aliphatic carbocycles. The van der Waals surface area contributed by atoms with Gasteiger partial charge in [-0.2, -0.15) is 0 Å². The van der Waals surface area contributed by atoms with Crippen LogP contribution >= 0.6 is 11.3 Å². The van der Waals surface area contributed by atoms with Gasteiger partial charge < -0.3 is 5.73 Å². The summed E-state index contributed by atoms with van der Waals surface area (Å²) in [6.45, 7) is 0. The molecule has 0 spiro atoms. The van der Waals surface area contributed by atoms with E-state index in [-0.39, 0.29) is 4.21 Å². The first-order valence-corrected chi connectivity index (χ1v) is 8.11. The molecule has 0 saturated carbocycles. The number of thiophene rings is 1. The maximum absolute atomic E-state index is 12.1. The molecule has 0 aliphatic rings. The number of nitrogens with zero attached hydrogens (tertiary/aromatic N) is 4. The van der Waals surface area contributed by atoms with Crippen LogP contribution in [0.2, 0.25) is 0 Å². The van der Waals surface area contributed by atoms with E-state index in [1.165, 1.54) is 17.1 Å². The number of nitrogen functional groups attached to an aromatic ring is 1. The molecule has 3 N–H and O–H groups in total. The van der Waals surface area contributed by atoms with Gasteiger partial charge in [-0.25, -0.2) is 13.1 Å². The molecule has 8 nitrogen and oxygen atoms in total. The Morgan fingerprint density at radius 3 is 2.57 bits per heavy atom. The molecule has 0 bridgehead atoms. The fraction of sp³-hybridized carbons (Fsp3) is 0. The number of aromatic nitrogens is 4. The fourth-order valence-electron chi connectivity index (χ4n) is 1.64. The number of hydrogen-bond acceptors (Lipinski definition) is 7. The first kappa shape index (κ1) is 13.5. The highest BCUT2D eigenvalue weighted by Crippen LogP contribution is 2.24. The number of nitrogens with two attached hydrogens (primary N) is 1. The first-order chi connectivity index (χ1) is 10.0. The minimum atomic E-state index is -3.62. The van der Waals surface area contributed by atoms with Gasteiger partial charge in [0.25, 0.3) is 10.0 Å². The third-order valence-corrected chi connectivity index (χ3v) is 5.43. The molecular formula is C11H10N6O2S2. The summed E-state index contributed by atoms with van der Waals surface area (Å²) in [5.74, 6) is 0. The molecule has 0 fully saturated rings. The largest absolute Gasteiger partial charge is 0.398 e. The van der Waals surface area contributed by atoms with Crippen molar-refractivity contribution in [3.8, 4) is 5.69 Å². The van der Waals surface area contributed by atoms with E-state index in [4.69, 9.17) is 5.73 Å². The smallest absolute Gasteiger partial charge is 0.271 e. The zero-order valence-corrected chi connectivity index (χ0v) is 12.2. The number of sulfonamides is 1. The van der Waals surface area contributed by atoms with Gasteiger partial charge in [0.05, 0.1) is 5.69 Å². The highest BCUT2D eigenvalue weighted by atomic mass is 32.2. The third kappa shape index (κ3) is 2.85. The van der Waals surface area contributed by atoms with E-state index in [9.17, 15) is 8.42 Å². The zero-order valence-electron chi connectivity index (χ0n) is 10.5. The summed E-state index contributed by atoms with van der Waals surface area (Å²) in [4.78, 5) is 0. The van der Waals surface area contributed by atoms with Crippen molar-refractivity contribution in [1.82, 2.24) is 20.2 Å². The molecule has 0 amide bonds. The number of rotatable bonds is 4. The van der Waals surface area contributed by atoms with Gasteiger partial charge >= 0.3 is 0 Å². The number of anilines is 2. The summed E-state index contributed by atoms with van der Waals surface area (Å²) in [7, 11) is -3.62. The summed E-state index contributed by atoms with van der Waals surface area (Å²) in [5, 5.41) is 12.4. The van der Waals surface area contributed by atoms with Gasteiger partial charge in [-0.1, -0.05) is 0 Å². The highest BCUT2D eigenvalue weighted by Gasteiger charge is 2.16. The summed E-state index contributed by atoms with van der Waals surface area (Å²) in [6, 6.07) is 8.09. The molecule has 0 saturated heterocycles. The van der Waals surface area contributed by atoms with Gasteiger partial charge in [0.15, 0.2) is 0 Å². The molecule has 1 aromatic carbocycles. The summed E-state index contributed by atoms with van der Waals surface area (Å²) in [5.41, 5.74) is 7.13. The summed E-state index contributed by atoms with van der Waals surface area (Å²) in [6.07, 6.45) is 1.45. The van der Waals surface area contributed by atoms with Crippen LogP contribution in [-0.4, -0.2) is 28.6 Å². The van der Waals surface area contributed by atoms with Crippen molar-refractivity contribution in [2.45, 2.75) is 4.21 Å². The van der Waals surface area contributed by atoms with Crippen molar-refractivity contribution < 1.29 is 8.42 Å². The molecule has 2 heterocycles. The van der Waals surface area contributed by atoms with E-state index in [1.54, 1.807) is 29.6 Å². The van der Waals surface area contributed by atoms with E-state index >= 15 is 0 Å². The Hall–Kier alpha value is -2.46. The van der Waals surface area contributed by atoms with Crippen molar-refractivity contribution in [3.63, 3.8) is 0 Å². The maximum Gasteiger partial charge on any atom is 0.271 e. The van der Waals surface area contributed by atoms with Gasteiger partial charge in [-0.3, -0.25) is 4.72 Å². The molecule has 10 heteroatoms. The molecule has 2 aromatic heterocycles. The molecule has 21 heavy (non-hydrogen) atoms. The van der Waals surface area contributed by atoms with Gasteiger partial charge in [-0.05, 0) is 40.8 Å². The maximum atomic E-state index is 12.1. The normalized spacial score (nSPS) is 11.4. The quantitative estimate of drug-likeness (QED) is 0.743. The van der Waals surface area contributed by atoms with Crippen molar-refractivity contribution in [1.29, 1.82) is 0 Å². The number of tetrazole rings is 1. The lowest BCUT2D eigenvalue weighted by Gasteiger charge is -2.07. The highest BCUT2D eigenvalue weighted by molar-refractivity contribution is 7.94. The Balaban J connectivity index is 1.82.